The molecule has 100 valence electrons. The Hall–Kier alpha value is -1.43. The average molecular weight is 251 g/mol. The second-order valence-corrected chi connectivity index (χ2v) is 5.58. The van der Waals surface area contributed by atoms with Gasteiger partial charge in [0.15, 0.2) is 5.69 Å². The van der Waals surface area contributed by atoms with E-state index in [0.29, 0.717) is 11.4 Å². The molecule has 0 unspecified atom stereocenters. The molecule has 1 aromatic heterocycles. The molecular weight excluding hydrogens is 230 g/mol. The van der Waals surface area contributed by atoms with Gasteiger partial charge in [-0.1, -0.05) is 0 Å². The fourth-order valence-electron chi connectivity index (χ4n) is 2.40. The smallest absolute Gasteiger partial charge is 0.274 e. The molecule has 6 heteroatoms. The molecule has 18 heavy (non-hydrogen) atoms. The maximum Gasteiger partial charge on any atom is 0.274 e. The number of amides is 1. The summed E-state index contributed by atoms with van der Waals surface area (Å²) in [6.07, 6.45) is 2.51. The van der Waals surface area contributed by atoms with Gasteiger partial charge in [0.2, 0.25) is 0 Å². The number of aromatic amines is 1. The van der Waals surface area contributed by atoms with Crippen LogP contribution in [0.2, 0.25) is 0 Å². The van der Waals surface area contributed by atoms with Crippen LogP contribution in [0.1, 0.15) is 42.9 Å². The number of carbonyl (C=O) groups excluding carboxylic acids is 1. The molecule has 0 saturated carbocycles. The van der Waals surface area contributed by atoms with E-state index in [0.717, 1.165) is 19.6 Å². The van der Waals surface area contributed by atoms with Gasteiger partial charge in [0.1, 0.15) is 0 Å². The highest BCUT2D eigenvalue weighted by Gasteiger charge is 2.27. The molecule has 1 amide bonds. The molecule has 1 fully saturated rings. The zero-order chi connectivity index (χ0) is 13.2. The van der Waals surface area contributed by atoms with Gasteiger partial charge in [0.05, 0.1) is 5.69 Å². The summed E-state index contributed by atoms with van der Waals surface area (Å²) in [5.74, 6) is -0.162. The lowest BCUT2D eigenvalue weighted by Crippen LogP contribution is -2.51. The minimum absolute atomic E-state index is 0.162. The Kier molecular flexibility index (Phi) is 3.65. The molecule has 2 heterocycles. The molecule has 0 aliphatic carbocycles. The number of hydrogen-bond acceptors (Lipinski definition) is 4. The molecule has 1 aliphatic heterocycles. The van der Waals surface area contributed by atoms with E-state index < -0.39 is 0 Å². The minimum atomic E-state index is -0.257. The van der Waals surface area contributed by atoms with Gasteiger partial charge in [-0.05, 0) is 46.7 Å². The molecule has 1 saturated heterocycles. The zero-order valence-electron chi connectivity index (χ0n) is 11.3. The Morgan fingerprint density at radius 2 is 2.06 bits per heavy atom. The van der Waals surface area contributed by atoms with E-state index in [1.807, 2.05) is 13.8 Å². The van der Waals surface area contributed by atoms with E-state index in [2.05, 4.69) is 25.6 Å². The summed E-state index contributed by atoms with van der Waals surface area (Å²) in [6, 6.07) is 0. The highest BCUT2D eigenvalue weighted by molar-refractivity contribution is 5.93. The number of H-pyrrole nitrogens is 1. The first-order valence-electron chi connectivity index (χ1n) is 6.40. The number of hydrogen-bond donors (Lipinski definition) is 2. The summed E-state index contributed by atoms with van der Waals surface area (Å²) >= 11 is 0. The highest BCUT2D eigenvalue weighted by atomic mass is 16.2. The summed E-state index contributed by atoms with van der Waals surface area (Å²) in [4.78, 5) is 14.4. The predicted octanol–water partition coefficient (Wildman–Crippen LogP) is 0.717. The van der Waals surface area contributed by atoms with E-state index >= 15 is 0 Å². The van der Waals surface area contributed by atoms with Crippen LogP contribution in [-0.2, 0) is 0 Å². The van der Waals surface area contributed by atoms with Gasteiger partial charge in [-0.25, -0.2) is 0 Å². The number of likely N-dealkylation sites (tertiary alicyclic amines) is 1. The first kappa shape index (κ1) is 13.0. The molecule has 0 atom stereocenters. The highest BCUT2D eigenvalue weighted by Crippen LogP contribution is 2.13. The summed E-state index contributed by atoms with van der Waals surface area (Å²) in [5.41, 5.74) is 0.751. The first-order chi connectivity index (χ1) is 8.48. The standard InChI is InChI=1S/C12H21N5O/c1-9-10(15-16-14-9)11(18)13-12(2,3)8-17-6-4-5-7-17/h4-8H2,1-3H3,(H,13,18)(H,14,15,16). The van der Waals surface area contributed by atoms with Gasteiger partial charge in [-0.15, -0.1) is 0 Å². The van der Waals surface area contributed by atoms with Crippen molar-refractivity contribution in [2.45, 2.75) is 39.2 Å². The van der Waals surface area contributed by atoms with Gasteiger partial charge < -0.3 is 10.2 Å². The average Bonchev–Trinajstić information content (AvgIpc) is 2.87. The van der Waals surface area contributed by atoms with Crippen molar-refractivity contribution in [3.63, 3.8) is 0 Å². The van der Waals surface area contributed by atoms with Crippen LogP contribution in [0.5, 0.6) is 0 Å². The van der Waals surface area contributed by atoms with Crippen LogP contribution in [0.4, 0.5) is 0 Å². The van der Waals surface area contributed by atoms with Crippen molar-refractivity contribution in [2.75, 3.05) is 19.6 Å². The molecule has 2 N–H and O–H groups in total. The monoisotopic (exact) mass is 251 g/mol. The number of nitrogens with zero attached hydrogens (tertiary/aromatic N) is 3. The van der Waals surface area contributed by atoms with Crippen LogP contribution in [0.25, 0.3) is 0 Å². The third-order valence-electron chi connectivity index (χ3n) is 3.21. The van der Waals surface area contributed by atoms with Crippen LogP contribution in [0.3, 0.4) is 0 Å². The largest absolute Gasteiger partial charge is 0.344 e. The molecule has 0 spiro atoms. The Bertz CT molecular complexity index is 420. The van der Waals surface area contributed by atoms with E-state index in [1.54, 1.807) is 6.92 Å². The summed E-state index contributed by atoms with van der Waals surface area (Å²) < 4.78 is 0. The SMILES string of the molecule is Cc1n[nH]nc1C(=O)NC(C)(C)CN1CCCC1. The molecule has 6 nitrogen and oxygen atoms in total. The van der Waals surface area contributed by atoms with Crippen LogP contribution in [0.15, 0.2) is 0 Å². The number of rotatable bonds is 4. The van der Waals surface area contributed by atoms with Crippen molar-refractivity contribution in [2.24, 2.45) is 0 Å². The maximum atomic E-state index is 12.1. The van der Waals surface area contributed by atoms with Crippen molar-refractivity contribution in [1.82, 2.24) is 25.6 Å². The summed E-state index contributed by atoms with van der Waals surface area (Å²) in [7, 11) is 0. The topological polar surface area (TPSA) is 73.9 Å². The zero-order valence-corrected chi connectivity index (χ0v) is 11.3. The van der Waals surface area contributed by atoms with Crippen LogP contribution >= 0.6 is 0 Å². The number of nitrogens with one attached hydrogen (secondary N) is 2. The number of aromatic nitrogens is 3. The lowest BCUT2D eigenvalue weighted by atomic mass is 10.0. The summed E-state index contributed by atoms with van der Waals surface area (Å²) in [5, 5.41) is 13.2. The molecule has 1 aliphatic rings. The quantitative estimate of drug-likeness (QED) is 0.827. The van der Waals surface area contributed by atoms with E-state index in [-0.39, 0.29) is 11.4 Å². The fourth-order valence-corrected chi connectivity index (χ4v) is 2.40. The van der Waals surface area contributed by atoms with Crippen molar-refractivity contribution in [3.05, 3.63) is 11.4 Å². The molecule has 0 aromatic carbocycles. The third-order valence-corrected chi connectivity index (χ3v) is 3.21. The molecular formula is C12H21N5O. The van der Waals surface area contributed by atoms with E-state index in [9.17, 15) is 4.79 Å². The third kappa shape index (κ3) is 3.07. The number of carbonyl (C=O) groups is 1. The van der Waals surface area contributed by atoms with Gasteiger partial charge in [-0.2, -0.15) is 15.4 Å². The van der Waals surface area contributed by atoms with Crippen LogP contribution in [0, 0.1) is 6.92 Å². The molecule has 1 aromatic rings. The van der Waals surface area contributed by atoms with Gasteiger partial charge in [0.25, 0.3) is 5.91 Å². The molecule has 0 radical (unpaired) electrons. The van der Waals surface area contributed by atoms with E-state index in [4.69, 9.17) is 0 Å². The lowest BCUT2D eigenvalue weighted by molar-refractivity contribution is 0.0888. The van der Waals surface area contributed by atoms with Crippen molar-refractivity contribution < 1.29 is 4.79 Å². The number of aryl methyl sites for hydroxylation is 1. The Morgan fingerprint density at radius 1 is 1.39 bits per heavy atom. The van der Waals surface area contributed by atoms with E-state index in [1.165, 1.54) is 12.8 Å². The Balaban J connectivity index is 1.94. The predicted molar refractivity (Wildman–Crippen MR) is 68.3 cm³/mol. The normalized spacial score (nSPS) is 17.1. The molecule has 0 bridgehead atoms. The summed E-state index contributed by atoms with van der Waals surface area (Å²) in [6.45, 7) is 8.98. The van der Waals surface area contributed by atoms with Gasteiger partial charge in [-0.3, -0.25) is 4.79 Å². The second-order valence-electron chi connectivity index (χ2n) is 5.58. The maximum absolute atomic E-state index is 12.1. The van der Waals surface area contributed by atoms with Crippen molar-refractivity contribution in [1.29, 1.82) is 0 Å². The van der Waals surface area contributed by atoms with Crippen LogP contribution in [-0.4, -0.2) is 51.4 Å². The van der Waals surface area contributed by atoms with Crippen molar-refractivity contribution in [3.8, 4) is 0 Å². The minimum Gasteiger partial charge on any atom is -0.344 e. The lowest BCUT2D eigenvalue weighted by Gasteiger charge is -2.30. The fraction of sp³-hybridized carbons (Fsp3) is 0.750. The molecule has 2 rings (SSSR count). The van der Waals surface area contributed by atoms with Gasteiger partial charge in [0, 0.05) is 12.1 Å². The van der Waals surface area contributed by atoms with Gasteiger partial charge >= 0.3 is 0 Å². The van der Waals surface area contributed by atoms with Crippen molar-refractivity contribution >= 4 is 5.91 Å². The second kappa shape index (κ2) is 5.06. The Morgan fingerprint density at radius 3 is 2.61 bits per heavy atom. The van der Waals surface area contributed by atoms with Crippen LogP contribution < -0.4 is 5.32 Å². The first-order valence-corrected chi connectivity index (χ1v) is 6.40. The Labute approximate surface area is 107 Å².